The normalized spacial score (nSPS) is 10.8. The third-order valence-electron chi connectivity index (χ3n) is 3.75. The largest absolute Gasteiger partial charge is 0.478 e. The number of alkyl halides is 3. The third kappa shape index (κ3) is 5.73. The maximum absolute atomic E-state index is 12.3. The van der Waals surface area contributed by atoms with Crippen molar-refractivity contribution >= 4 is 23.3 Å². The molecule has 0 atom stereocenters. The smallest absolute Gasteiger partial charge is 0.425 e. The van der Waals surface area contributed by atoms with Crippen molar-refractivity contribution < 1.29 is 33.0 Å². The van der Waals surface area contributed by atoms with Crippen LogP contribution in [0.1, 0.15) is 36.0 Å². The van der Waals surface area contributed by atoms with E-state index in [-0.39, 0.29) is 23.2 Å². The molecule has 8 nitrogen and oxygen atoms in total. The van der Waals surface area contributed by atoms with Crippen molar-refractivity contribution in [2.45, 2.75) is 19.6 Å². The van der Waals surface area contributed by atoms with E-state index in [9.17, 15) is 27.6 Å². The van der Waals surface area contributed by atoms with Crippen LogP contribution >= 0.6 is 11.3 Å². The third-order valence-corrected chi connectivity index (χ3v) is 4.86. The van der Waals surface area contributed by atoms with E-state index in [4.69, 9.17) is 10.2 Å². The number of carbonyl (C=O) groups is 2. The first kappa shape index (κ1) is 22.7. The molecule has 0 amide bonds. The summed E-state index contributed by atoms with van der Waals surface area (Å²) < 4.78 is 38.2. The first-order valence-electron chi connectivity index (χ1n) is 8.09. The van der Waals surface area contributed by atoms with Gasteiger partial charge in [0.15, 0.2) is 0 Å². The Labute approximate surface area is 170 Å². The first-order valence-corrected chi connectivity index (χ1v) is 8.91. The second-order valence-electron chi connectivity index (χ2n) is 5.77. The lowest BCUT2D eigenvalue weighted by atomic mass is 10.0. The zero-order valence-corrected chi connectivity index (χ0v) is 16.1. The summed E-state index contributed by atoms with van der Waals surface area (Å²) in [5, 5.41) is 17.4. The van der Waals surface area contributed by atoms with Gasteiger partial charge < -0.3 is 10.2 Å². The Morgan fingerprint density at radius 2 is 1.70 bits per heavy atom. The van der Waals surface area contributed by atoms with Crippen molar-refractivity contribution in [1.82, 2.24) is 14.5 Å². The lowest BCUT2D eigenvalue weighted by Gasteiger charge is -2.03. The van der Waals surface area contributed by atoms with Gasteiger partial charge in [-0.1, -0.05) is 6.07 Å². The highest BCUT2D eigenvalue weighted by Crippen LogP contribution is 2.34. The molecule has 0 aliphatic rings. The monoisotopic (exact) mass is 441 g/mol. The number of hydrogen-bond acceptors (Lipinski definition) is 6. The summed E-state index contributed by atoms with van der Waals surface area (Å²) in [6.45, 7) is 1.52. The number of rotatable bonds is 4. The average molecular weight is 441 g/mol. The second-order valence-corrected chi connectivity index (χ2v) is 6.94. The van der Waals surface area contributed by atoms with E-state index in [2.05, 4.69) is 9.97 Å². The Bertz CT molecular complexity index is 1090. The molecule has 0 bridgehead atoms. The van der Waals surface area contributed by atoms with E-state index in [0.717, 1.165) is 17.0 Å². The Hall–Kier alpha value is -3.54. The minimum atomic E-state index is -4.35. The fourth-order valence-electron chi connectivity index (χ4n) is 2.31. The predicted molar refractivity (Wildman–Crippen MR) is 99.8 cm³/mol. The number of carboxylic acids is 2. The quantitative estimate of drug-likeness (QED) is 0.638. The van der Waals surface area contributed by atoms with Gasteiger partial charge in [-0.05, 0) is 36.8 Å². The van der Waals surface area contributed by atoms with Gasteiger partial charge in [0.2, 0.25) is 0 Å². The lowest BCUT2D eigenvalue weighted by Crippen LogP contribution is -2.22. The van der Waals surface area contributed by atoms with E-state index in [1.54, 1.807) is 0 Å². The van der Waals surface area contributed by atoms with Gasteiger partial charge in [-0.25, -0.2) is 19.4 Å². The number of nitrogens with zero attached hydrogens (tertiary/aromatic N) is 3. The molecule has 12 heteroatoms. The molecule has 3 aromatic rings. The minimum absolute atomic E-state index is 0.0277. The highest BCUT2D eigenvalue weighted by Gasteiger charge is 2.32. The molecule has 0 aliphatic heterocycles. The van der Waals surface area contributed by atoms with Gasteiger partial charge in [-0.3, -0.25) is 4.57 Å². The number of aromatic carboxylic acids is 2. The molecule has 0 saturated heterocycles. The van der Waals surface area contributed by atoms with Crippen LogP contribution in [0.2, 0.25) is 0 Å². The molecule has 30 heavy (non-hydrogen) atoms. The summed E-state index contributed by atoms with van der Waals surface area (Å²) in [6.07, 6.45) is -2.02. The van der Waals surface area contributed by atoms with Gasteiger partial charge in [-0.15, -0.1) is 11.3 Å². The summed E-state index contributed by atoms with van der Waals surface area (Å²) in [4.78, 5) is 39.2. The fraction of sp³-hybridized carbons (Fsp3) is 0.167. The van der Waals surface area contributed by atoms with E-state index in [0.29, 0.717) is 16.2 Å². The van der Waals surface area contributed by atoms with Gasteiger partial charge in [-0.2, -0.15) is 18.2 Å². The number of carboxylic acid groups (broad SMARTS) is 2. The Morgan fingerprint density at radius 1 is 1.10 bits per heavy atom. The van der Waals surface area contributed by atoms with Crippen molar-refractivity contribution in [2.24, 2.45) is 0 Å². The topological polar surface area (TPSA) is 122 Å². The molecule has 2 N–H and O–H groups in total. The number of thiophene rings is 1. The molecule has 1 aromatic carbocycles. The molecule has 158 valence electrons. The molecule has 0 unspecified atom stereocenters. The van der Waals surface area contributed by atoms with E-state index in [1.165, 1.54) is 37.5 Å². The van der Waals surface area contributed by atoms with Crippen LogP contribution in [-0.4, -0.2) is 36.7 Å². The summed E-state index contributed by atoms with van der Waals surface area (Å²) in [6, 6.07) is 6.51. The van der Waals surface area contributed by atoms with Crippen molar-refractivity contribution in [3.8, 4) is 0 Å². The molecule has 0 radical (unpaired) electrons. The minimum Gasteiger partial charge on any atom is -0.478 e. The fourth-order valence-corrected chi connectivity index (χ4v) is 3.18. The van der Waals surface area contributed by atoms with Crippen LogP contribution in [0.25, 0.3) is 0 Å². The Kier molecular flexibility index (Phi) is 7.06. The van der Waals surface area contributed by atoms with Gasteiger partial charge in [0, 0.05) is 4.88 Å². The molecule has 0 aliphatic carbocycles. The first-order chi connectivity index (χ1) is 14.0. The Morgan fingerprint density at radius 3 is 2.17 bits per heavy atom. The maximum Gasteiger partial charge on any atom is 0.425 e. The molecule has 2 heterocycles. The summed E-state index contributed by atoms with van der Waals surface area (Å²) in [5.41, 5.74) is -0.204. The van der Waals surface area contributed by atoms with E-state index in [1.807, 2.05) is 0 Å². The second kappa shape index (κ2) is 9.31. The maximum atomic E-state index is 12.3. The van der Waals surface area contributed by atoms with Crippen molar-refractivity contribution in [2.75, 3.05) is 0 Å². The van der Waals surface area contributed by atoms with Crippen LogP contribution in [-0.2, 0) is 12.7 Å². The zero-order valence-electron chi connectivity index (χ0n) is 15.3. The van der Waals surface area contributed by atoms with Crippen LogP contribution in [0.4, 0.5) is 13.2 Å². The lowest BCUT2D eigenvalue weighted by molar-refractivity contribution is -0.134. The molecule has 0 saturated carbocycles. The molecule has 0 fully saturated rings. The average Bonchev–Trinajstić information content (AvgIpc) is 3.13. The standard InChI is InChI=1S/C9H6F3N3OS.C9H8O4/c10-9(11,12)7-2-1-6(17-7)3-15-5-13-4-14-8(15)16;1-5-6(8(10)11)3-2-4-7(5)9(12)13/h1-2,4-5H,3H2;2-4H,1H3,(H,10,11)(H,12,13). The van der Waals surface area contributed by atoms with Crippen LogP contribution < -0.4 is 5.69 Å². The van der Waals surface area contributed by atoms with Crippen LogP contribution in [0.5, 0.6) is 0 Å². The molecule has 0 spiro atoms. The van der Waals surface area contributed by atoms with E-state index < -0.39 is 28.7 Å². The van der Waals surface area contributed by atoms with Gasteiger partial charge in [0.25, 0.3) is 0 Å². The van der Waals surface area contributed by atoms with Gasteiger partial charge >= 0.3 is 23.8 Å². The molecule has 2 aromatic heterocycles. The predicted octanol–water partition coefficient (Wildman–Crippen LogP) is 3.16. The molecule has 3 rings (SSSR count). The number of benzene rings is 1. The van der Waals surface area contributed by atoms with Gasteiger partial charge in [0.05, 0.1) is 17.7 Å². The van der Waals surface area contributed by atoms with Crippen molar-refractivity contribution in [3.63, 3.8) is 0 Å². The SMILES string of the molecule is Cc1c(C(=O)O)cccc1C(=O)O.O=c1ncncn1Cc1ccc(C(F)(F)F)s1. The molecular weight excluding hydrogens is 427 g/mol. The number of halogens is 3. The van der Waals surface area contributed by atoms with Crippen molar-refractivity contribution in [3.05, 3.63) is 79.9 Å². The summed E-state index contributed by atoms with van der Waals surface area (Å²) in [7, 11) is 0. The molecular formula is C18H14F3N3O5S. The highest BCUT2D eigenvalue weighted by atomic mass is 32.1. The van der Waals surface area contributed by atoms with Gasteiger partial charge in [0.1, 0.15) is 17.5 Å². The van der Waals surface area contributed by atoms with Crippen LogP contribution in [0.15, 0.2) is 47.8 Å². The number of aromatic nitrogens is 3. The number of hydrogen-bond donors (Lipinski definition) is 2. The van der Waals surface area contributed by atoms with Crippen LogP contribution in [0.3, 0.4) is 0 Å². The van der Waals surface area contributed by atoms with Crippen molar-refractivity contribution in [1.29, 1.82) is 0 Å². The summed E-state index contributed by atoms with van der Waals surface area (Å²) in [5.74, 6) is -2.22. The highest BCUT2D eigenvalue weighted by molar-refractivity contribution is 7.12. The van der Waals surface area contributed by atoms with Crippen LogP contribution in [0, 0.1) is 6.92 Å². The summed E-state index contributed by atoms with van der Waals surface area (Å²) >= 11 is 0.603. The zero-order chi connectivity index (χ0) is 22.5. The van der Waals surface area contributed by atoms with E-state index >= 15 is 0 Å². The Balaban J connectivity index is 0.000000222.